The minimum Gasteiger partial charge on any atom is -0.497 e. The molecule has 1 heterocycles. The van der Waals surface area contributed by atoms with Gasteiger partial charge in [-0.15, -0.1) is 5.11 Å². The summed E-state index contributed by atoms with van der Waals surface area (Å²) < 4.78 is 5.20. The van der Waals surface area contributed by atoms with Crippen LogP contribution in [0.5, 0.6) is 5.75 Å². The number of ether oxygens (including phenoxy) is 1. The Hall–Kier alpha value is -3.68. The van der Waals surface area contributed by atoms with Crippen molar-refractivity contribution in [3.05, 3.63) is 58.9 Å². The molecule has 3 rings (SSSR count). The zero-order chi connectivity index (χ0) is 18.5. The molecule has 0 aliphatic rings. The lowest BCUT2D eigenvalue weighted by atomic mass is 10.1. The average Bonchev–Trinajstić information content (AvgIpc) is 3.01. The molecule has 0 aliphatic heterocycles. The molecular weight excluding hydrogens is 334 g/mol. The van der Waals surface area contributed by atoms with Gasteiger partial charge in [0.15, 0.2) is 5.69 Å². The second kappa shape index (κ2) is 7.47. The maximum atomic E-state index is 12.0. The van der Waals surface area contributed by atoms with E-state index in [0.717, 1.165) is 5.56 Å². The first-order valence-corrected chi connectivity index (χ1v) is 7.81. The van der Waals surface area contributed by atoms with Gasteiger partial charge in [-0.2, -0.15) is 5.11 Å². The number of methoxy groups -OCH3 is 1. The molecule has 8 heteroatoms. The van der Waals surface area contributed by atoms with Crippen molar-refractivity contribution in [2.75, 3.05) is 12.4 Å². The van der Waals surface area contributed by atoms with E-state index in [0.29, 0.717) is 22.8 Å². The van der Waals surface area contributed by atoms with Crippen LogP contribution in [0.3, 0.4) is 0 Å². The minimum atomic E-state index is -0.374. The summed E-state index contributed by atoms with van der Waals surface area (Å²) in [6, 6.07) is 14.1. The number of aromatic amines is 2. The molecule has 0 aliphatic carbocycles. The van der Waals surface area contributed by atoms with Gasteiger partial charge in [-0.3, -0.25) is 19.8 Å². The van der Waals surface area contributed by atoms with Crippen molar-refractivity contribution in [3.63, 3.8) is 0 Å². The zero-order valence-electron chi connectivity index (χ0n) is 14.2. The number of aromatic nitrogens is 2. The minimum absolute atomic E-state index is 0.152. The molecule has 1 amide bonds. The molecule has 2 aromatic carbocycles. The van der Waals surface area contributed by atoms with Crippen LogP contribution in [-0.4, -0.2) is 23.2 Å². The van der Waals surface area contributed by atoms with Crippen LogP contribution in [0.1, 0.15) is 6.92 Å². The number of nitrogens with zero attached hydrogens (tertiary/aromatic N) is 2. The van der Waals surface area contributed by atoms with E-state index < -0.39 is 0 Å². The largest absolute Gasteiger partial charge is 0.497 e. The van der Waals surface area contributed by atoms with Crippen LogP contribution in [0.15, 0.2) is 63.6 Å². The first-order chi connectivity index (χ1) is 12.6. The molecule has 0 saturated heterocycles. The number of nitrogens with one attached hydrogen (secondary N) is 3. The van der Waals surface area contributed by atoms with Crippen LogP contribution < -0.4 is 15.6 Å². The van der Waals surface area contributed by atoms with E-state index in [1.165, 1.54) is 6.92 Å². The summed E-state index contributed by atoms with van der Waals surface area (Å²) in [5.41, 5.74) is 2.28. The average molecular weight is 351 g/mol. The first-order valence-electron chi connectivity index (χ1n) is 7.81. The number of hydrogen-bond acceptors (Lipinski definition) is 5. The fourth-order valence-corrected chi connectivity index (χ4v) is 2.36. The highest BCUT2D eigenvalue weighted by Gasteiger charge is 2.12. The standard InChI is InChI=1S/C18H17N5O3/c1-11(24)19-13-6-8-14(9-7-13)20-22-17-16(21-23-18(17)25)12-4-3-5-15(10-12)26-2/h3-10H,1-2H3,(H,19,24)(H2,21,23,25). The molecule has 26 heavy (non-hydrogen) atoms. The lowest BCUT2D eigenvalue weighted by molar-refractivity contribution is -0.114. The third-order valence-corrected chi connectivity index (χ3v) is 3.56. The Kier molecular flexibility index (Phi) is 4.93. The number of rotatable bonds is 5. The summed E-state index contributed by atoms with van der Waals surface area (Å²) in [6.07, 6.45) is 0. The van der Waals surface area contributed by atoms with Crippen molar-refractivity contribution in [1.29, 1.82) is 0 Å². The Bertz CT molecular complexity index is 1000. The van der Waals surface area contributed by atoms with Gasteiger partial charge in [-0.25, -0.2) is 0 Å². The Labute approximate surface area is 148 Å². The maximum absolute atomic E-state index is 12.0. The highest BCUT2D eigenvalue weighted by Crippen LogP contribution is 2.29. The van der Waals surface area contributed by atoms with Gasteiger partial charge in [0.05, 0.1) is 18.5 Å². The van der Waals surface area contributed by atoms with Crippen LogP contribution in [0.25, 0.3) is 11.3 Å². The number of H-pyrrole nitrogens is 2. The molecular formula is C18H17N5O3. The number of carbonyl (C=O) groups excluding carboxylic acids is 1. The van der Waals surface area contributed by atoms with Gasteiger partial charge in [0, 0.05) is 18.2 Å². The summed E-state index contributed by atoms with van der Waals surface area (Å²) in [4.78, 5) is 23.1. The number of benzene rings is 2. The molecule has 0 unspecified atom stereocenters. The second-order valence-electron chi connectivity index (χ2n) is 5.46. The van der Waals surface area contributed by atoms with Crippen LogP contribution in [0.4, 0.5) is 17.1 Å². The fraction of sp³-hybridized carbons (Fsp3) is 0.111. The molecule has 1 aromatic heterocycles. The van der Waals surface area contributed by atoms with E-state index in [-0.39, 0.29) is 17.2 Å². The maximum Gasteiger partial charge on any atom is 0.292 e. The van der Waals surface area contributed by atoms with E-state index in [2.05, 4.69) is 25.7 Å². The van der Waals surface area contributed by atoms with E-state index in [9.17, 15) is 9.59 Å². The molecule has 0 fully saturated rings. The van der Waals surface area contributed by atoms with Gasteiger partial charge in [0.2, 0.25) is 5.91 Å². The summed E-state index contributed by atoms with van der Waals surface area (Å²) in [5, 5.41) is 16.2. The smallest absolute Gasteiger partial charge is 0.292 e. The van der Waals surface area contributed by atoms with E-state index in [4.69, 9.17) is 4.74 Å². The number of anilines is 1. The van der Waals surface area contributed by atoms with E-state index in [1.807, 2.05) is 18.2 Å². The van der Waals surface area contributed by atoms with Gasteiger partial charge in [0.25, 0.3) is 5.56 Å². The molecule has 0 saturated carbocycles. The van der Waals surface area contributed by atoms with Crippen molar-refractivity contribution >= 4 is 23.0 Å². The van der Waals surface area contributed by atoms with Gasteiger partial charge < -0.3 is 10.1 Å². The number of azo groups is 1. The zero-order valence-corrected chi connectivity index (χ0v) is 14.2. The van der Waals surface area contributed by atoms with Crippen LogP contribution in [0, 0.1) is 0 Å². The molecule has 0 radical (unpaired) electrons. The normalized spacial score (nSPS) is 10.8. The van der Waals surface area contributed by atoms with Crippen molar-refractivity contribution in [2.24, 2.45) is 10.2 Å². The molecule has 3 N–H and O–H groups in total. The van der Waals surface area contributed by atoms with Crippen molar-refractivity contribution in [3.8, 4) is 17.0 Å². The Balaban J connectivity index is 1.88. The van der Waals surface area contributed by atoms with Gasteiger partial charge >= 0.3 is 0 Å². The summed E-state index contributed by atoms with van der Waals surface area (Å²) in [6.45, 7) is 1.44. The quantitative estimate of drug-likeness (QED) is 0.608. The van der Waals surface area contributed by atoms with Crippen molar-refractivity contribution < 1.29 is 9.53 Å². The third kappa shape index (κ3) is 3.86. The van der Waals surface area contributed by atoms with Gasteiger partial charge in [0.1, 0.15) is 5.75 Å². The summed E-state index contributed by atoms with van der Waals surface area (Å²) >= 11 is 0. The Morgan fingerprint density at radius 3 is 2.54 bits per heavy atom. The predicted molar refractivity (Wildman–Crippen MR) is 98.3 cm³/mol. The topological polar surface area (TPSA) is 112 Å². The Morgan fingerprint density at radius 1 is 1.08 bits per heavy atom. The highest BCUT2D eigenvalue weighted by atomic mass is 16.5. The van der Waals surface area contributed by atoms with Crippen LogP contribution >= 0.6 is 0 Å². The molecule has 0 spiro atoms. The van der Waals surface area contributed by atoms with Crippen molar-refractivity contribution in [1.82, 2.24) is 10.2 Å². The number of carbonyl (C=O) groups is 1. The fourth-order valence-electron chi connectivity index (χ4n) is 2.36. The third-order valence-electron chi connectivity index (χ3n) is 3.56. The lowest BCUT2D eigenvalue weighted by Crippen LogP contribution is -2.04. The van der Waals surface area contributed by atoms with E-state index in [1.54, 1.807) is 37.4 Å². The van der Waals surface area contributed by atoms with Gasteiger partial charge in [-0.05, 0) is 36.4 Å². The first kappa shape index (κ1) is 17.2. The summed E-state index contributed by atoms with van der Waals surface area (Å²) in [5.74, 6) is 0.516. The van der Waals surface area contributed by atoms with Crippen LogP contribution in [0.2, 0.25) is 0 Å². The molecule has 8 nitrogen and oxygen atoms in total. The van der Waals surface area contributed by atoms with E-state index >= 15 is 0 Å². The SMILES string of the molecule is COc1cccc(-c2[nH][nH]c(=O)c2N=Nc2ccc(NC(C)=O)cc2)c1. The predicted octanol–water partition coefficient (Wildman–Crippen LogP) is 3.75. The molecule has 0 bridgehead atoms. The van der Waals surface area contributed by atoms with Crippen molar-refractivity contribution in [2.45, 2.75) is 6.92 Å². The lowest BCUT2D eigenvalue weighted by Gasteiger charge is -2.03. The van der Waals surface area contributed by atoms with Gasteiger partial charge in [-0.1, -0.05) is 12.1 Å². The number of amides is 1. The number of hydrogen-bond donors (Lipinski definition) is 3. The Morgan fingerprint density at radius 2 is 1.85 bits per heavy atom. The molecule has 3 aromatic rings. The highest BCUT2D eigenvalue weighted by molar-refractivity contribution is 5.88. The second-order valence-corrected chi connectivity index (χ2v) is 5.46. The monoisotopic (exact) mass is 351 g/mol. The summed E-state index contributed by atoms with van der Waals surface area (Å²) in [7, 11) is 1.57. The molecule has 0 atom stereocenters. The van der Waals surface area contributed by atoms with Crippen LogP contribution in [-0.2, 0) is 4.79 Å². The molecule has 132 valence electrons.